The van der Waals surface area contributed by atoms with Crippen LogP contribution in [0.2, 0.25) is 0 Å². The minimum absolute atomic E-state index is 0. The zero-order valence-corrected chi connectivity index (χ0v) is 26.5. The van der Waals surface area contributed by atoms with Crippen LogP contribution in [0.1, 0.15) is 36.1 Å². The zero-order valence-electron chi connectivity index (χ0n) is 22.6. The van der Waals surface area contributed by atoms with E-state index in [-0.39, 0.29) is 24.8 Å². The molecule has 0 heterocycles. The molecule has 0 saturated heterocycles. The van der Waals surface area contributed by atoms with Crippen molar-refractivity contribution < 1.29 is 46.1 Å². The van der Waals surface area contributed by atoms with Crippen LogP contribution in [-0.4, -0.2) is 3.21 Å². The largest absolute Gasteiger partial charge is 1.00 e. The number of allylic oxidation sites excluding steroid dienone is 12. The Kier molecular flexibility index (Phi) is 7.20. The molecular weight excluding hydrogens is 607 g/mol. The van der Waals surface area contributed by atoms with Crippen molar-refractivity contribution in [3.63, 3.8) is 0 Å². The first-order chi connectivity index (χ1) is 18.7. The van der Waals surface area contributed by atoms with Crippen LogP contribution >= 0.6 is 0 Å². The maximum atomic E-state index is 2.52. The summed E-state index contributed by atoms with van der Waals surface area (Å²) in [5, 5.41) is 5.46. The van der Waals surface area contributed by atoms with E-state index in [2.05, 4.69) is 123 Å². The van der Waals surface area contributed by atoms with Crippen LogP contribution in [0.3, 0.4) is 0 Å². The Balaban J connectivity index is 0.00000145. The zero-order chi connectivity index (χ0) is 25.4. The Labute approximate surface area is 256 Å². The molecule has 0 unspecified atom stereocenters. The second-order valence-electron chi connectivity index (χ2n) is 11.0. The Morgan fingerprint density at radius 2 is 0.975 bits per heavy atom. The third kappa shape index (κ3) is 4.01. The second kappa shape index (κ2) is 10.5. The molecule has 0 radical (unpaired) electrons. The normalized spacial score (nSPS) is 15.8. The van der Waals surface area contributed by atoms with E-state index in [9.17, 15) is 0 Å². The van der Waals surface area contributed by atoms with Gasteiger partial charge in [-0.1, -0.05) is 0 Å². The van der Waals surface area contributed by atoms with Crippen LogP contribution in [0.4, 0.5) is 0 Å². The average molecular weight is 635 g/mol. The third-order valence-electron chi connectivity index (χ3n) is 8.65. The van der Waals surface area contributed by atoms with Gasteiger partial charge in [-0.2, -0.15) is 0 Å². The number of halogens is 2. The van der Waals surface area contributed by atoms with Crippen LogP contribution in [0.25, 0.3) is 32.7 Å². The number of rotatable bonds is 2. The molecule has 0 bridgehead atoms. The molecule has 0 fully saturated rings. The summed E-state index contributed by atoms with van der Waals surface area (Å²) in [5.74, 6) is 0. The monoisotopic (exact) mass is 632 g/mol. The SMILES string of the molecule is C[C](C)=[Zr+2]([C]1=CC=C2C1=CCc1ccc3ccccc3c12)[C]1=CC=C2C1=CCc1ccc3ccccc3c12.[Cl-].[Cl-]. The molecule has 0 N–H and O–H groups in total. The van der Waals surface area contributed by atoms with Crippen LogP contribution in [-0.2, 0) is 34.1 Å². The summed E-state index contributed by atoms with van der Waals surface area (Å²) >= 11 is -2.32. The quantitative estimate of drug-likeness (QED) is 0.318. The summed E-state index contributed by atoms with van der Waals surface area (Å²) in [6, 6.07) is 27.0. The minimum Gasteiger partial charge on any atom is -1.00 e. The van der Waals surface area contributed by atoms with E-state index in [0.717, 1.165) is 12.8 Å². The van der Waals surface area contributed by atoms with E-state index >= 15 is 0 Å². The molecule has 4 aliphatic rings. The fourth-order valence-corrected chi connectivity index (χ4v) is 14.1. The summed E-state index contributed by atoms with van der Waals surface area (Å²) in [5.41, 5.74) is 11.7. The van der Waals surface area contributed by atoms with E-state index in [4.69, 9.17) is 0 Å². The van der Waals surface area contributed by atoms with Gasteiger partial charge in [0.25, 0.3) is 0 Å². The molecule has 0 aliphatic heterocycles. The number of fused-ring (bicyclic) bond motifs is 10. The number of hydrogen-bond acceptors (Lipinski definition) is 0. The van der Waals surface area contributed by atoms with Crippen LogP contribution < -0.4 is 24.8 Å². The van der Waals surface area contributed by atoms with Gasteiger partial charge in [0.15, 0.2) is 0 Å². The summed E-state index contributed by atoms with van der Waals surface area (Å²) in [7, 11) is 0. The number of hydrogen-bond donors (Lipinski definition) is 0. The summed E-state index contributed by atoms with van der Waals surface area (Å²) in [6.45, 7) is 4.79. The van der Waals surface area contributed by atoms with Crippen molar-refractivity contribution >= 4 is 35.9 Å². The second-order valence-corrected chi connectivity index (χ2v) is 17.9. The van der Waals surface area contributed by atoms with E-state index in [1.54, 1.807) is 9.77 Å². The van der Waals surface area contributed by atoms with Crippen molar-refractivity contribution in [2.45, 2.75) is 26.7 Å². The first-order valence-corrected chi connectivity index (χ1v) is 17.3. The summed E-state index contributed by atoms with van der Waals surface area (Å²) in [4.78, 5) is 0. The van der Waals surface area contributed by atoms with Gasteiger partial charge in [0.1, 0.15) is 0 Å². The van der Waals surface area contributed by atoms with E-state index in [1.807, 2.05) is 0 Å². The molecule has 194 valence electrons. The summed E-state index contributed by atoms with van der Waals surface area (Å²) in [6.07, 6.45) is 16.9. The first kappa shape index (κ1) is 27.3. The Morgan fingerprint density at radius 1 is 0.525 bits per heavy atom. The van der Waals surface area contributed by atoms with E-state index in [1.165, 1.54) is 66.1 Å². The molecule has 0 atom stereocenters. The molecule has 4 aromatic rings. The van der Waals surface area contributed by atoms with Crippen molar-refractivity contribution in [3.05, 3.63) is 149 Å². The minimum atomic E-state index is -2.32. The molecule has 0 nitrogen and oxygen atoms in total. The van der Waals surface area contributed by atoms with Gasteiger partial charge < -0.3 is 24.8 Å². The molecular formula is C37H28Cl2Zr. The van der Waals surface area contributed by atoms with Crippen molar-refractivity contribution in [1.82, 2.24) is 0 Å². The number of benzene rings is 4. The van der Waals surface area contributed by atoms with Crippen molar-refractivity contribution in [3.8, 4) is 0 Å². The van der Waals surface area contributed by atoms with Gasteiger partial charge in [-0.25, -0.2) is 0 Å². The van der Waals surface area contributed by atoms with E-state index in [0.29, 0.717) is 0 Å². The van der Waals surface area contributed by atoms with Crippen molar-refractivity contribution in [2.24, 2.45) is 0 Å². The fourth-order valence-electron chi connectivity index (χ4n) is 7.01. The maximum Gasteiger partial charge on any atom is -1.00 e. The molecule has 0 saturated carbocycles. The van der Waals surface area contributed by atoms with Gasteiger partial charge in [-0.05, 0) is 0 Å². The molecule has 40 heavy (non-hydrogen) atoms. The molecule has 4 aliphatic carbocycles. The maximum absolute atomic E-state index is 2.52. The van der Waals surface area contributed by atoms with Gasteiger partial charge >= 0.3 is 233 Å². The smallest absolute Gasteiger partial charge is 1.00 e. The van der Waals surface area contributed by atoms with Crippen molar-refractivity contribution in [1.29, 1.82) is 0 Å². The standard InChI is InChI=1S/2C17H11.C3H6.2ClH.Zr/c2*1-2-6-15-12(4-1)8-10-14-11-9-13-5-3-7-16(13)17(14)15;1-3-2;;;/h2*1-4,6-10H,11H2;1-2H3;2*1H;/q;;;;;+2/p-2. The Bertz CT molecular complexity index is 1830. The molecule has 8 rings (SSSR count). The van der Waals surface area contributed by atoms with Gasteiger partial charge in [-0.15, -0.1) is 0 Å². The van der Waals surface area contributed by atoms with Gasteiger partial charge in [-0.3, -0.25) is 0 Å². The average Bonchev–Trinajstić information content (AvgIpc) is 3.57. The Morgan fingerprint density at radius 3 is 1.43 bits per heavy atom. The summed E-state index contributed by atoms with van der Waals surface area (Å²) < 4.78 is 4.93. The molecule has 0 amide bonds. The van der Waals surface area contributed by atoms with Crippen LogP contribution in [0, 0.1) is 0 Å². The topological polar surface area (TPSA) is 0 Å². The third-order valence-corrected chi connectivity index (χ3v) is 15.9. The first-order valence-electron chi connectivity index (χ1n) is 13.6. The predicted octanol–water partition coefficient (Wildman–Crippen LogP) is 3.06. The molecule has 3 heteroatoms. The predicted molar refractivity (Wildman–Crippen MR) is 160 cm³/mol. The molecule has 0 aromatic heterocycles. The van der Waals surface area contributed by atoms with Crippen LogP contribution in [0.5, 0.6) is 0 Å². The molecule has 0 spiro atoms. The van der Waals surface area contributed by atoms with Crippen molar-refractivity contribution in [2.75, 3.05) is 0 Å². The van der Waals surface area contributed by atoms with Gasteiger partial charge in [0, 0.05) is 0 Å². The van der Waals surface area contributed by atoms with Crippen LogP contribution in [0.15, 0.2) is 127 Å². The Hall–Kier alpha value is -2.83. The van der Waals surface area contributed by atoms with Gasteiger partial charge in [0.05, 0.1) is 0 Å². The van der Waals surface area contributed by atoms with Gasteiger partial charge in [0.2, 0.25) is 0 Å². The fraction of sp³-hybridized carbons (Fsp3) is 0.108. The molecule has 4 aromatic carbocycles. The van der Waals surface area contributed by atoms with E-state index < -0.39 is 21.3 Å².